The van der Waals surface area contributed by atoms with Crippen molar-refractivity contribution >= 4 is 17.7 Å². The molecular formula is C28H30N2O2. The minimum atomic E-state index is -0.0836. The maximum Gasteiger partial charge on any atom is 0.255 e. The molecule has 32 heavy (non-hydrogen) atoms. The van der Waals surface area contributed by atoms with Crippen LogP contribution < -0.4 is 10.1 Å². The zero-order chi connectivity index (χ0) is 22.3. The van der Waals surface area contributed by atoms with E-state index in [1.165, 1.54) is 22.4 Å². The number of amides is 1. The van der Waals surface area contributed by atoms with Crippen LogP contribution in [0.5, 0.6) is 5.75 Å². The average Bonchev–Trinajstić information content (AvgIpc) is 3.25. The molecular weight excluding hydrogens is 396 g/mol. The van der Waals surface area contributed by atoms with Crippen molar-refractivity contribution in [3.05, 3.63) is 101 Å². The second-order valence-electron chi connectivity index (χ2n) is 8.13. The fourth-order valence-electron chi connectivity index (χ4n) is 4.15. The van der Waals surface area contributed by atoms with Gasteiger partial charge in [0.1, 0.15) is 5.75 Å². The van der Waals surface area contributed by atoms with Gasteiger partial charge in [-0.25, -0.2) is 0 Å². The van der Waals surface area contributed by atoms with Crippen molar-refractivity contribution in [2.75, 3.05) is 25.5 Å². The van der Waals surface area contributed by atoms with Crippen molar-refractivity contribution < 1.29 is 9.53 Å². The normalized spacial score (nSPS) is 12.1. The van der Waals surface area contributed by atoms with Crippen LogP contribution in [0.4, 0.5) is 5.69 Å². The highest BCUT2D eigenvalue weighted by Crippen LogP contribution is 2.30. The van der Waals surface area contributed by atoms with Crippen LogP contribution in [0, 0.1) is 0 Å². The molecule has 0 fully saturated rings. The number of nitrogens with one attached hydrogen (secondary N) is 1. The van der Waals surface area contributed by atoms with Crippen LogP contribution in [0.25, 0.3) is 6.08 Å². The van der Waals surface area contributed by atoms with E-state index in [2.05, 4.69) is 47.5 Å². The van der Waals surface area contributed by atoms with Gasteiger partial charge in [-0.3, -0.25) is 4.79 Å². The monoisotopic (exact) mass is 426 g/mol. The molecule has 3 aromatic carbocycles. The molecule has 0 aromatic heterocycles. The van der Waals surface area contributed by atoms with Gasteiger partial charge in [-0.15, -0.1) is 0 Å². The SMILES string of the molecule is CCCN(CCc1cccc(NC(=O)c2ccccc2)c1)C1=Cc2cc(OC)ccc2C1. The Morgan fingerprint density at radius 2 is 1.84 bits per heavy atom. The summed E-state index contributed by atoms with van der Waals surface area (Å²) in [5.41, 5.74) is 6.69. The third-order valence-electron chi connectivity index (χ3n) is 5.84. The fraction of sp³-hybridized carbons (Fsp3) is 0.250. The van der Waals surface area contributed by atoms with E-state index < -0.39 is 0 Å². The molecule has 0 saturated heterocycles. The van der Waals surface area contributed by atoms with Gasteiger partial charge in [0.15, 0.2) is 0 Å². The third kappa shape index (κ3) is 5.20. The maximum absolute atomic E-state index is 12.5. The lowest BCUT2D eigenvalue weighted by atomic mass is 10.1. The molecule has 4 nitrogen and oxygen atoms in total. The number of fused-ring (bicyclic) bond motifs is 1. The molecule has 4 rings (SSSR count). The van der Waals surface area contributed by atoms with Crippen molar-refractivity contribution in [1.29, 1.82) is 0 Å². The Bertz CT molecular complexity index is 1110. The van der Waals surface area contributed by atoms with Crippen molar-refractivity contribution in [2.45, 2.75) is 26.2 Å². The van der Waals surface area contributed by atoms with Gasteiger partial charge in [0.2, 0.25) is 0 Å². The molecule has 0 heterocycles. The van der Waals surface area contributed by atoms with E-state index in [9.17, 15) is 4.79 Å². The Morgan fingerprint density at radius 1 is 1.00 bits per heavy atom. The Hall–Kier alpha value is -3.53. The largest absolute Gasteiger partial charge is 0.497 e. The summed E-state index contributed by atoms with van der Waals surface area (Å²) in [7, 11) is 1.71. The average molecular weight is 427 g/mol. The highest BCUT2D eigenvalue weighted by molar-refractivity contribution is 6.04. The van der Waals surface area contributed by atoms with E-state index in [1.54, 1.807) is 7.11 Å². The molecule has 1 N–H and O–H groups in total. The van der Waals surface area contributed by atoms with Crippen LogP contribution in [0.1, 0.15) is 40.4 Å². The second-order valence-corrected chi connectivity index (χ2v) is 8.13. The van der Waals surface area contributed by atoms with Crippen molar-refractivity contribution in [3.63, 3.8) is 0 Å². The van der Waals surface area contributed by atoms with E-state index in [1.807, 2.05) is 48.5 Å². The number of ether oxygens (including phenoxy) is 1. The Morgan fingerprint density at radius 3 is 2.62 bits per heavy atom. The van der Waals surface area contributed by atoms with Gasteiger partial charge >= 0.3 is 0 Å². The summed E-state index contributed by atoms with van der Waals surface area (Å²) < 4.78 is 5.38. The molecule has 1 amide bonds. The minimum absolute atomic E-state index is 0.0836. The summed E-state index contributed by atoms with van der Waals surface area (Å²) in [6, 6.07) is 23.8. The minimum Gasteiger partial charge on any atom is -0.497 e. The van der Waals surface area contributed by atoms with Gasteiger partial charge in [0.05, 0.1) is 7.11 Å². The van der Waals surface area contributed by atoms with Crippen LogP contribution in [0.2, 0.25) is 0 Å². The molecule has 0 bridgehead atoms. The molecule has 0 spiro atoms. The smallest absolute Gasteiger partial charge is 0.255 e. The van der Waals surface area contributed by atoms with Gasteiger partial charge in [0.25, 0.3) is 5.91 Å². The summed E-state index contributed by atoms with van der Waals surface area (Å²) in [5.74, 6) is 0.817. The fourth-order valence-corrected chi connectivity index (χ4v) is 4.15. The number of carbonyl (C=O) groups is 1. The molecule has 0 unspecified atom stereocenters. The topological polar surface area (TPSA) is 41.6 Å². The van der Waals surface area contributed by atoms with E-state index in [0.29, 0.717) is 5.56 Å². The standard InChI is InChI=1S/C28H30N2O2/c1-3-15-30(26-18-23-12-13-27(32-2)20-24(23)19-26)16-14-21-8-7-11-25(17-21)29-28(31)22-9-5-4-6-10-22/h4-13,17,19-20H,3,14-16,18H2,1-2H3,(H,29,31). The second kappa shape index (κ2) is 10.2. The van der Waals surface area contributed by atoms with E-state index in [4.69, 9.17) is 4.74 Å². The molecule has 0 aliphatic heterocycles. The molecule has 1 aliphatic carbocycles. The molecule has 0 atom stereocenters. The number of rotatable bonds is 9. The zero-order valence-corrected chi connectivity index (χ0v) is 18.8. The summed E-state index contributed by atoms with van der Waals surface area (Å²) >= 11 is 0. The number of allylic oxidation sites excluding steroid dienone is 1. The summed E-state index contributed by atoms with van der Waals surface area (Å²) in [4.78, 5) is 15.0. The number of hydrogen-bond acceptors (Lipinski definition) is 3. The maximum atomic E-state index is 12.5. The highest BCUT2D eigenvalue weighted by Gasteiger charge is 2.18. The lowest BCUT2D eigenvalue weighted by Gasteiger charge is -2.26. The number of carbonyl (C=O) groups excluding carboxylic acids is 1. The summed E-state index contributed by atoms with van der Waals surface area (Å²) in [6.45, 7) is 4.20. The van der Waals surface area contributed by atoms with Crippen molar-refractivity contribution in [1.82, 2.24) is 4.90 Å². The first kappa shape index (κ1) is 21.7. The quantitative estimate of drug-likeness (QED) is 0.470. The third-order valence-corrected chi connectivity index (χ3v) is 5.84. The van der Waals surface area contributed by atoms with E-state index >= 15 is 0 Å². The highest BCUT2D eigenvalue weighted by atomic mass is 16.5. The molecule has 1 aliphatic rings. The Labute approximate surface area is 190 Å². The van der Waals surface area contributed by atoms with Gasteiger partial charge in [-0.2, -0.15) is 0 Å². The number of methoxy groups -OCH3 is 1. The van der Waals surface area contributed by atoms with Crippen LogP contribution in [-0.4, -0.2) is 31.0 Å². The molecule has 0 radical (unpaired) electrons. The van der Waals surface area contributed by atoms with Crippen LogP contribution in [0.15, 0.2) is 78.5 Å². The van der Waals surface area contributed by atoms with Crippen LogP contribution >= 0.6 is 0 Å². The van der Waals surface area contributed by atoms with Crippen LogP contribution in [-0.2, 0) is 12.8 Å². The van der Waals surface area contributed by atoms with Gasteiger partial charge < -0.3 is 15.0 Å². The molecule has 0 saturated carbocycles. The van der Waals surface area contributed by atoms with Crippen LogP contribution in [0.3, 0.4) is 0 Å². The zero-order valence-electron chi connectivity index (χ0n) is 18.8. The number of nitrogens with zero attached hydrogens (tertiary/aromatic N) is 1. The predicted octanol–water partition coefficient (Wildman–Crippen LogP) is 5.80. The number of hydrogen-bond donors (Lipinski definition) is 1. The van der Waals surface area contributed by atoms with Crippen molar-refractivity contribution in [3.8, 4) is 5.75 Å². The first-order valence-corrected chi connectivity index (χ1v) is 11.2. The number of benzene rings is 3. The first-order valence-electron chi connectivity index (χ1n) is 11.2. The predicted molar refractivity (Wildman–Crippen MR) is 131 cm³/mol. The van der Waals surface area contributed by atoms with Gasteiger partial charge in [-0.05, 0) is 72.0 Å². The Balaban J connectivity index is 1.41. The summed E-state index contributed by atoms with van der Waals surface area (Å²) in [6.07, 6.45) is 5.28. The van der Waals surface area contributed by atoms with E-state index in [-0.39, 0.29) is 5.91 Å². The van der Waals surface area contributed by atoms with Gasteiger partial charge in [0, 0.05) is 36.5 Å². The van der Waals surface area contributed by atoms with Crippen molar-refractivity contribution in [2.24, 2.45) is 0 Å². The summed E-state index contributed by atoms with van der Waals surface area (Å²) in [5, 5.41) is 3.01. The Kier molecular flexibility index (Phi) is 6.90. The lowest BCUT2D eigenvalue weighted by molar-refractivity contribution is 0.102. The molecule has 3 aromatic rings. The lowest BCUT2D eigenvalue weighted by Crippen LogP contribution is -2.26. The van der Waals surface area contributed by atoms with E-state index in [0.717, 1.165) is 43.8 Å². The first-order chi connectivity index (χ1) is 15.7. The molecule has 4 heteroatoms. The van der Waals surface area contributed by atoms with Gasteiger partial charge in [-0.1, -0.05) is 43.3 Å². The molecule has 164 valence electrons. The number of anilines is 1.